The molecule has 0 bridgehead atoms. The van der Waals surface area contributed by atoms with Gasteiger partial charge in [-0.15, -0.1) is 0 Å². The van der Waals surface area contributed by atoms with E-state index < -0.39 is 0 Å². The highest BCUT2D eigenvalue weighted by Crippen LogP contribution is 2.22. The summed E-state index contributed by atoms with van der Waals surface area (Å²) in [6.07, 6.45) is 3.81. The maximum Gasteiger partial charge on any atom is 0.225 e. The zero-order valence-electron chi connectivity index (χ0n) is 18.2. The number of rotatable bonds is 5. The largest absolute Gasteiger partial charge is 0.353 e. The Kier molecular flexibility index (Phi) is 6.62. The summed E-state index contributed by atoms with van der Waals surface area (Å²) in [5, 5.41) is 3.33. The Labute approximate surface area is 179 Å². The van der Waals surface area contributed by atoms with Crippen LogP contribution in [0.5, 0.6) is 0 Å². The summed E-state index contributed by atoms with van der Waals surface area (Å²) in [7, 11) is 0. The molecule has 1 N–H and O–H groups in total. The van der Waals surface area contributed by atoms with Crippen LogP contribution in [0, 0.1) is 19.8 Å². The fourth-order valence-electron chi connectivity index (χ4n) is 4.59. The van der Waals surface area contributed by atoms with E-state index in [1.54, 1.807) is 0 Å². The van der Waals surface area contributed by atoms with Crippen LogP contribution in [0.4, 0.5) is 5.95 Å². The predicted octanol–water partition coefficient (Wildman–Crippen LogP) is 3.09. The van der Waals surface area contributed by atoms with E-state index in [0.29, 0.717) is 6.04 Å². The van der Waals surface area contributed by atoms with E-state index in [1.165, 1.54) is 5.56 Å². The first-order chi connectivity index (χ1) is 14.6. The van der Waals surface area contributed by atoms with E-state index in [-0.39, 0.29) is 11.8 Å². The monoisotopic (exact) mass is 407 g/mol. The van der Waals surface area contributed by atoms with Crippen molar-refractivity contribution < 1.29 is 4.79 Å². The molecular weight excluding hydrogens is 374 g/mol. The average molecular weight is 408 g/mol. The van der Waals surface area contributed by atoms with Gasteiger partial charge >= 0.3 is 0 Å². The van der Waals surface area contributed by atoms with Crippen molar-refractivity contribution in [2.45, 2.75) is 52.1 Å². The molecule has 1 aromatic carbocycles. The molecule has 6 nitrogen and oxygen atoms in total. The van der Waals surface area contributed by atoms with E-state index in [1.807, 2.05) is 19.9 Å². The summed E-state index contributed by atoms with van der Waals surface area (Å²) in [6.45, 7) is 8.78. The number of aromatic nitrogens is 2. The van der Waals surface area contributed by atoms with Crippen molar-refractivity contribution in [2.75, 3.05) is 31.1 Å². The van der Waals surface area contributed by atoms with Crippen LogP contribution in [0.3, 0.4) is 0 Å². The van der Waals surface area contributed by atoms with Gasteiger partial charge < -0.3 is 10.2 Å². The lowest BCUT2D eigenvalue weighted by Gasteiger charge is -2.35. The fraction of sp³-hybridized carbons (Fsp3) is 0.542. The number of nitrogens with one attached hydrogen (secondary N) is 1. The van der Waals surface area contributed by atoms with Crippen LogP contribution in [-0.2, 0) is 11.3 Å². The third-order valence-electron chi connectivity index (χ3n) is 6.30. The molecule has 4 rings (SSSR count). The van der Waals surface area contributed by atoms with Gasteiger partial charge in [-0.3, -0.25) is 9.69 Å². The second-order valence-corrected chi connectivity index (χ2v) is 8.76. The molecule has 160 valence electrons. The lowest BCUT2D eigenvalue weighted by molar-refractivity contribution is -0.126. The molecule has 0 atom stereocenters. The predicted molar refractivity (Wildman–Crippen MR) is 119 cm³/mol. The highest BCUT2D eigenvalue weighted by molar-refractivity contribution is 5.79. The number of likely N-dealkylation sites (tertiary alicyclic amines) is 1. The van der Waals surface area contributed by atoms with Crippen molar-refractivity contribution in [1.29, 1.82) is 0 Å². The van der Waals surface area contributed by atoms with Crippen molar-refractivity contribution in [3.05, 3.63) is 53.3 Å². The minimum Gasteiger partial charge on any atom is -0.353 e. The first-order valence-electron chi connectivity index (χ1n) is 11.2. The number of anilines is 1. The molecule has 6 heteroatoms. The van der Waals surface area contributed by atoms with E-state index in [0.717, 1.165) is 75.7 Å². The number of nitrogens with zero attached hydrogens (tertiary/aromatic N) is 4. The van der Waals surface area contributed by atoms with Crippen LogP contribution >= 0.6 is 0 Å². The Bertz CT molecular complexity index is 820. The number of amides is 1. The summed E-state index contributed by atoms with van der Waals surface area (Å²) < 4.78 is 0. The number of benzene rings is 1. The van der Waals surface area contributed by atoms with E-state index in [4.69, 9.17) is 0 Å². The first-order valence-corrected chi connectivity index (χ1v) is 11.2. The lowest BCUT2D eigenvalue weighted by atomic mass is 9.94. The number of hydrogen-bond donors (Lipinski definition) is 1. The highest BCUT2D eigenvalue weighted by Gasteiger charge is 2.28. The van der Waals surface area contributed by atoms with Gasteiger partial charge in [0.25, 0.3) is 0 Å². The number of piperidine rings is 2. The Morgan fingerprint density at radius 3 is 2.23 bits per heavy atom. The smallest absolute Gasteiger partial charge is 0.225 e. The van der Waals surface area contributed by atoms with Gasteiger partial charge in [0.15, 0.2) is 0 Å². The van der Waals surface area contributed by atoms with Gasteiger partial charge in [-0.1, -0.05) is 30.3 Å². The summed E-state index contributed by atoms with van der Waals surface area (Å²) in [4.78, 5) is 26.7. The lowest BCUT2D eigenvalue weighted by Crippen LogP contribution is -2.48. The molecule has 0 saturated carbocycles. The van der Waals surface area contributed by atoms with Crippen LogP contribution in [0.2, 0.25) is 0 Å². The Morgan fingerprint density at radius 1 is 0.967 bits per heavy atom. The van der Waals surface area contributed by atoms with Gasteiger partial charge in [0.1, 0.15) is 0 Å². The summed E-state index contributed by atoms with van der Waals surface area (Å²) in [5.74, 6) is 1.14. The van der Waals surface area contributed by atoms with Crippen LogP contribution in [0.1, 0.15) is 42.6 Å². The zero-order valence-corrected chi connectivity index (χ0v) is 18.2. The summed E-state index contributed by atoms with van der Waals surface area (Å²) >= 11 is 0. The van der Waals surface area contributed by atoms with Gasteiger partial charge in [-0.25, -0.2) is 9.97 Å². The molecule has 1 amide bonds. The SMILES string of the molecule is Cc1cc(C)nc(N2CCC(C(=O)NC3CCN(Cc4ccccc4)CC3)CC2)n1. The first kappa shape index (κ1) is 20.8. The summed E-state index contributed by atoms with van der Waals surface area (Å²) in [5.41, 5.74) is 3.35. The summed E-state index contributed by atoms with van der Waals surface area (Å²) in [6, 6.07) is 12.9. The number of hydrogen-bond acceptors (Lipinski definition) is 5. The maximum absolute atomic E-state index is 12.8. The molecule has 2 aromatic rings. The van der Waals surface area contributed by atoms with Gasteiger partial charge in [0, 0.05) is 56.1 Å². The van der Waals surface area contributed by atoms with Crippen molar-refractivity contribution in [1.82, 2.24) is 20.2 Å². The molecule has 0 unspecified atom stereocenters. The number of carbonyl (C=O) groups is 1. The molecule has 1 aromatic heterocycles. The van der Waals surface area contributed by atoms with E-state index in [2.05, 4.69) is 55.4 Å². The molecule has 3 heterocycles. The molecule has 30 heavy (non-hydrogen) atoms. The van der Waals surface area contributed by atoms with Crippen LogP contribution in [-0.4, -0.2) is 53.0 Å². The second kappa shape index (κ2) is 9.56. The molecule has 2 aliphatic heterocycles. The molecule has 2 fully saturated rings. The highest BCUT2D eigenvalue weighted by atomic mass is 16.2. The topological polar surface area (TPSA) is 61.4 Å². The molecule has 2 saturated heterocycles. The Morgan fingerprint density at radius 2 is 1.60 bits per heavy atom. The van der Waals surface area contributed by atoms with E-state index in [9.17, 15) is 4.79 Å². The quantitative estimate of drug-likeness (QED) is 0.825. The number of aryl methyl sites for hydroxylation is 2. The molecule has 0 aliphatic carbocycles. The van der Waals surface area contributed by atoms with Crippen molar-refractivity contribution in [3.8, 4) is 0 Å². The zero-order chi connectivity index (χ0) is 20.9. The van der Waals surface area contributed by atoms with E-state index >= 15 is 0 Å². The van der Waals surface area contributed by atoms with Crippen LogP contribution < -0.4 is 10.2 Å². The molecular formula is C24H33N5O. The molecule has 2 aliphatic rings. The Hall–Kier alpha value is -2.47. The third-order valence-corrected chi connectivity index (χ3v) is 6.30. The van der Waals surface area contributed by atoms with Crippen molar-refractivity contribution in [3.63, 3.8) is 0 Å². The fourth-order valence-corrected chi connectivity index (χ4v) is 4.59. The van der Waals surface area contributed by atoms with Crippen LogP contribution in [0.15, 0.2) is 36.4 Å². The minimum absolute atomic E-state index is 0.106. The third kappa shape index (κ3) is 5.36. The van der Waals surface area contributed by atoms with Crippen molar-refractivity contribution in [2.24, 2.45) is 5.92 Å². The minimum atomic E-state index is 0.106. The molecule has 0 spiro atoms. The normalized spacial score (nSPS) is 19.1. The Balaban J connectivity index is 1.21. The van der Waals surface area contributed by atoms with Gasteiger partial charge in [0.2, 0.25) is 11.9 Å². The second-order valence-electron chi connectivity index (χ2n) is 8.76. The van der Waals surface area contributed by atoms with Gasteiger partial charge in [-0.05, 0) is 51.2 Å². The van der Waals surface area contributed by atoms with Crippen molar-refractivity contribution >= 4 is 11.9 Å². The molecule has 0 radical (unpaired) electrons. The average Bonchev–Trinajstić information content (AvgIpc) is 2.75. The maximum atomic E-state index is 12.8. The number of carbonyl (C=O) groups excluding carboxylic acids is 1. The van der Waals surface area contributed by atoms with Gasteiger partial charge in [0.05, 0.1) is 0 Å². The van der Waals surface area contributed by atoms with Gasteiger partial charge in [-0.2, -0.15) is 0 Å². The van der Waals surface area contributed by atoms with Crippen LogP contribution in [0.25, 0.3) is 0 Å². The standard InChI is InChI=1S/C24H33N5O/c1-18-16-19(2)26-24(25-18)29-14-8-21(9-15-29)23(30)27-22-10-12-28(13-11-22)17-20-6-4-3-5-7-20/h3-7,16,21-22H,8-15,17H2,1-2H3,(H,27,30).